The fourth-order valence-electron chi connectivity index (χ4n) is 1.73. The van der Waals surface area contributed by atoms with Gasteiger partial charge in [0, 0.05) is 18.2 Å². The lowest BCUT2D eigenvalue weighted by molar-refractivity contribution is 0.495. The van der Waals surface area contributed by atoms with E-state index in [1.54, 1.807) is 25.1 Å². The second-order valence-corrected chi connectivity index (χ2v) is 5.10. The average molecular weight is 320 g/mol. The highest BCUT2D eigenvalue weighted by molar-refractivity contribution is 6.42. The molecule has 2 aromatic carbocycles. The molecule has 0 saturated heterocycles. The van der Waals surface area contributed by atoms with Crippen molar-refractivity contribution in [3.8, 4) is 0 Å². The van der Waals surface area contributed by atoms with Crippen LogP contribution in [0.1, 0.15) is 18.5 Å². The molecule has 0 saturated carbocycles. The quantitative estimate of drug-likeness (QED) is 0.728. The molecule has 1 N–H and O–H groups in total. The number of halogens is 5. The molecule has 0 fully saturated rings. The minimum atomic E-state index is -1.23. The maximum Gasteiger partial charge on any atom is 0.161 e. The Morgan fingerprint density at radius 3 is 2.20 bits per heavy atom. The number of anilines is 1. The van der Waals surface area contributed by atoms with Gasteiger partial charge in [-0.1, -0.05) is 29.3 Å². The number of rotatable bonds is 3. The Morgan fingerprint density at radius 2 is 1.55 bits per heavy atom. The second-order valence-electron chi connectivity index (χ2n) is 4.29. The molecule has 0 radical (unpaired) electrons. The summed E-state index contributed by atoms with van der Waals surface area (Å²) in [5.41, 5.74) is 0.617. The third-order valence-corrected chi connectivity index (χ3v) is 3.56. The van der Waals surface area contributed by atoms with Crippen LogP contribution < -0.4 is 5.32 Å². The molecule has 0 aliphatic heterocycles. The molecule has 1 nitrogen and oxygen atoms in total. The highest BCUT2D eigenvalue weighted by atomic mass is 35.5. The van der Waals surface area contributed by atoms with Crippen molar-refractivity contribution in [2.45, 2.75) is 13.0 Å². The summed E-state index contributed by atoms with van der Waals surface area (Å²) >= 11 is 11.7. The van der Waals surface area contributed by atoms with Crippen LogP contribution in [0.15, 0.2) is 30.3 Å². The Hall–Kier alpha value is -1.39. The molecule has 2 aromatic rings. The third-order valence-electron chi connectivity index (χ3n) is 2.83. The van der Waals surface area contributed by atoms with Crippen molar-refractivity contribution in [1.29, 1.82) is 0 Å². The molecule has 1 atom stereocenters. The van der Waals surface area contributed by atoms with Crippen molar-refractivity contribution in [1.82, 2.24) is 0 Å². The van der Waals surface area contributed by atoms with E-state index in [4.69, 9.17) is 23.2 Å². The first-order valence-electron chi connectivity index (χ1n) is 5.74. The zero-order valence-corrected chi connectivity index (χ0v) is 11.9. The maximum absolute atomic E-state index is 13.5. The fraction of sp³-hybridized carbons (Fsp3) is 0.143. The van der Waals surface area contributed by atoms with Crippen LogP contribution in [0.25, 0.3) is 0 Å². The highest BCUT2D eigenvalue weighted by Gasteiger charge is 2.13. The van der Waals surface area contributed by atoms with Crippen molar-refractivity contribution in [3.63, 3.8) is 0 Å². The van der Waals surface area contributed by atoms with E-state index in [1.165, 1.54) is 0 Å². The maximum atomic E-state index is 13.5. The minimum absolute atomic E-state index is 0.123. The van der Waals surface area contributed by atoms with Crippen LogP contribution in [0, 0.1) is 17.5 Å². The number of hydrogen-bond donors (Lipinski definition) is 1. The van der Waals surface area contributed by atoms with Crippen LogP contribution in [0.3, 0.4) is 0 Å². The molecular formula is C14H10Cl2F3N. The minimum Gasteiger partial charge on any atom is -0.376 e. The first kappa shape index (κ1) is 15.0. The largest absolute Gasteiger partial charge is 0.376 e. The predicted molar refractivity (Wildman–Crippen MR) is 74.8 cm³/mol. The molecule has 0 heterocycles. The van der Waals surface area contributed by atoms with E-state index in [-0.39, 0.29) is 11.7 Å². The fourth-order valence-corrected chi connectivity index (χ4v) is 2.04. The summed E-state index contributed by atoms with van der Waals surface area (Å²) < 4.78 is 39.5. The van der Waals surface area contributed by atoms with Gasteiger partial charge in [-0.2, -0.15) is 0 Å². The van der Waals surface area contributed by atoms with Gasteiger partial charge in [0.2, 0.25) is 0 Å². The lowest BCUT2D eigenvalue weighted by Crippen LogP contribution is -2.08. The Morgan fingerprint density at radius 1 is 0.900 bits per heavy atom. The van der Waals surface area contributed by atoms with Crippen molar-refractivity contribution < 1.29 is 13.2 Å². The van der Waals surface area contributed by atoms with Gasteiger partial charge in [-0.3, -0.25) is 0 Å². The summed E-state index contributed by atoms with van der Waals surface area (Å²) in [5, 5.41) is 3.53. The topological polar surface area (TPSA) is 12.0 Å². The monoisotopic (exact) mass is 319 g/mol. The summed E-state index contributed by atoms with van der Waals surface area (Å²) in [5.74, 6) is -3.21. The zero-order valence-electron chi connectivity index (χ0n) is 10.4. The number of hydrogen-bond acceptors (Lipinski definition) is 1. The zero-order chi connectivity index (χ0) is 14.9. The van der Waals surface area contributed by atoms with Crippen LogP contribution in [0.2, 0.25) is 10.0 Å². The summed E-state index contributed by atoms with van der Waals surface area (Å²) in [4.78, 5) is 0. The van der Waals surface area contributed by atoms with E-state index in [0.29, 0.717) is 16.1 Å². The average Bonchev–Trinajstić information content (AvgIpc) is 2.39. The van der Waals surface area contributed by atoms with Gasteiger partial charge in [0.05, 0.1) is 15.7 Å². The van der Waals surface area contributed by atoms with Crippen molar-refractivity contribution in [3.05, 3.63) is 63.4 Å². The van der Waals surface area contributed by atoms with Gasteiger partial charge in [-0.05, 0) is 24.6 Å². The first-order chi connectivity index (χ1) is 9.38. The number of benzene rings is 2. The summed E-state index contributed by atoms with van der Waals surface area (Å²) in [6, 6.07) is 5.86. The van der Waals surface area contributed by atoms with Gasteiger partial charge in [0.1, 0.15) is 5.82 Å². The molecule has 0 aliphatic carbocycles. The standard InChI is InChI=1S/C14H10Cl2F3N/c1-7(8-2-3-9(15)10(16)4-8)20-14-6-12(18)11(17)5-13(14)19/h2-7,20H,1H3. The van der Waals surface area contributed by atoms with Gasteiger partial charge in [-0.15, -0.1) is 0 Å². The van der Waals surface area contributed by atoms with Gasteiger partial charge in [0.15, 0.2) is 11.6 Å². The summed E-state index contributed by atoms with van der Waals surface area (Å²) in [6.07, 6.45) is 0. The van der Waals surface area contributed by atoms with Crippen LogP contribution >= 0.6 is 23.2 Å². The normalized spacial score (nSPS) is 12.3. The predicted octanol–water partition coefficient (Wildman–Crippen LogP) is 5.58. The van der Waals surface area contributed by atoms with Gasteiger partial charge in [0.25, 0.3) is 0 Å². The van der Waals surface area contributed by atoms with Gasteiger partial charge in [-0.25, -0.2) is 13.2 Å². The van der Waals surface area contributed by atoms with E-state index < -0.39 is 17.5 Å². The van der Waals surface area contributed by atoms with Crippen molar-refractivity contribution >= 4 is 28.9 Å². The van der Waals surface area contributed by atoms with E-state index >= 15 is 0 Å². The first-order valence-corrected chi connectivity index (χ1v) is 6.50. The molecule has 0 aliphatic rings. The van der Waals surface area contributed by atoms with Gasteiger partial charge < -0.3 is 5.32 Å². The molecule has 0 aromatic heterocycles. The molecular weight excluding hydrogens is 310 g/mol. The summed E-state index contributed by atoms with van der Waals surface area (Å²) in [7, 11) is 0. The lowest BCUT2D eigenvalue weighted by Gasteiger charge is -2.17. The Balaban J connectivity index is 2.25. The molecule has 0 bridgehead atoms. The molecule has 106 valence electrons. The van der Waals surface area contributed by atoms with Gasteiger partial charge >= 0.3 is 0 Å². The summed E-state index contributed by atoms with van der Waals surface area (Å²) in [6.45, 7) is 1.74. The van der Waals surface area contributed by atoms with Crippen molar-refractivity contribution in [2.24, 2.45) is 0 Å². The molecule has 6 heteroatoms. The van der Waals surface area contributed by atoms with Crippen LogP contribution in [0.5, 0.6) is 0 Å². The molecule has 20 heavy (non-hydrogen) atoms. The van der Waals surface area contributed by atoms with E-state index in [1.807, 2.05) is 0 Å². The van der Waals surface area contributed by atoms with Crippen LogP contribution in [0.4, 0.5) is 18.9 Å². The molecule has 1 unspecified atom stereocenters. The van der Waals surface area contributed by atoms with E-state index in [0.717, 1.165) is 11.6 Å². The molecule has 2 rings (SSSR count). The highest BCUT2D eigenvalue weighted by Crippen LogP contribution is 2.28. The Labute approximate surface area is 124 Å². The second kappa shape index (κ2) is 5.94. The molecule has 0 amide bonds. The van der Waals surface area contributed by atoms with Crippen molar-refractivity contribution in [2.75, 3.05) is 5.32 Å². The Kier molecular flexibility index (Phi) is 4.45. The third kappa shape index (κ3) is 3.19. The SMILES string of the molecule is CC(Nc1cc(F)c(F)cc1F)c1ccc(Cl)c(Cl)c1. The lowest BCUT2D eigenvalue weighted by atomic mass is 10.1. The smallest absolute Gasteiger partial charge is 0.161 e. The van der Waals surface area contributed by atoms with Crippen LogP contribution in [-0.2, 0) is 0 Å². The Bertz CT molecular complexity index is 647. The number of nitrogens with one attached hydrogen (secondary N) is 1. The van der Waals surface area contributed by atoms with E-state index in [2.05, 4.69) is 5.32 Å². The molecule has 0 spiro atoms. The van der Waals surface area contributed by atoms with E-state index in [9.17, 15) is 13.2 Å². The van der Waals surface area contributed by atoms with Crippen LogP contribution in [-0.4, -0.2) is 0 Å².